The monoisotopic (exact) mass is 496 g/mol. The number of benzene rings is 2. The molecule has 0 spiro atoms. The molecule has 1 N–H and O–H groups in total. The molecule has 1 aliphatic heterocycles. The first-order valence-corrected chi connectivity index (χ1v) is 13.1. The van der Waals surface area contributed by atoms with Crippen molar-refractivity contribution in [1.82, 2.24) is 23.5 Å². The van der Waals surface area contributed by atoms with Crippen molar-refractivity contribution in [2.75, 3.05) is 18.4 Å². The molecule has 1 saturated heterocycles. The molecular weight excluding hydrogens is 468 g/mol. The van der Waals surface area contributed by atoms with Crippen LogP contribution < -0.4 is 10.9 Å². The summed E-state index contributed by atoms with van der Waals surface area (Å²) in [6.07, 6.45) is -0.291. The van der Waals surface area contributed by atoms with Crippen molar-refractivity contribution in [3.63, 3.8) is 0 Å². The van der Waals surface area contributed by atoms with Gasteiger partial charge in [0.2, 0.25) is 15.8 Å². The lowest BCUT2D eigenvalue weighted by Gasteiger charge is -2.34. The molecule has 0 saturated carbocycles. The number of anilines is 1. The van der Waals surface area contributed by atoms with Crippen LogP contribution in [0, 0.1) is 0 Å². The molecule has 11 heteroatoms. The summed E-state index contributed by atoms with van der Waals surface area (Å²) >= 11 is 0. The Bertz CT molecular complexity index is 1530. The number of aromatic nitrogens is 4. The predicted molar refractivity (Wildman–Crippen MR) is 133 cm³/mol. The molecule has 10 nitrogen and oxygen atoms in total. The highest BCUT2D eigenvalue weighted by Crippen LogP contribution is 2.23. The zero-order valence-electron chi connectivity index (χ0n) is 19.9. The van der Waals surface area contributed by atoms with Crippen molar-refractivity contribution in [2.24, 2.45) is 0 Å². The average molecular weight is 497 g/mol. The summed E-state index contributed by atoms with van der Waals surface area (Å²) < 4.78 is 36.8. The van der Waals surface area contributed by atoms with Gasteiger partial charge in [0.1, 0.15) is 0 Å². The first-order valence-electron chi connectivity index (χ1n) is 11.6. The Morgan fingerprint density at radius 2 is 1.71 bits per heavy atom. The molecule has 0 radical (unpaired) electrons. The number of nitrogens with zero attached hydrogens (tertiary/aromatic N) is 5. The number of hydrogen-bond donors (Lipinski definition) is 1. The number of nitrogens with one attached hydrogen (secondary N) is 1. The van der Waals surface area contributed by atoms with E-state index in [1.807, 2.05) is 43.4 Å². The molecule has 2 atom stereocenters. The molecule has 4 aromatic rings. The van der Waals surface area contributed by atoms with E-state index in [4.69, 9.17) is 4.74 Å². The highest BCUT2D eigenvalue weighted by atomic mass is 32.2. The summed E-state index contributed by atoms with van der Waals surface area (Å²) in [6.45, 7) is 7.15. The summed E-state index contributed by atoms with van der Waals surface area (Å²) in [4.78, 5) is 13.1. The third-order valence-corrected chi connectivity index (χ3v) is 8.07. The van der Waals surface area contributed by atoms with Gasteiger partial charge in [-0.1, -0.05) is 12.1 Å². The van der Waals surface area contributed by atoms with Crippen LogP contribution >= 0.6 is 0 Å². The smallest absolute Gasteiger partial charge is 0.262 e. The molecule has 1 aliphatic rings. The fraction of sp³-hybridized carbons (Fsp3) is 0.375. The normalized spacial score (nSPS) is 19.4. The van der Waals surface area contributed by atoms with E-state index in [0.717, 1.165) is 11.2 Å². The number of fused-ring (bicyclic) bond motifs is 3. The van der Waals surface area contributed by atoms with Gasteiger partial charge in [-0.3, -0.25) is 13.8 Å². The van der Waals surface area contributed by atoms with E-state index >= 15 is 0 Å². The molecule has 3 heterocycles. The van der Waals surface area contributed by atoms with Crippen LogP contribution in [0.25, 0.3) is 16.7 Å². The Labute approximate surface area is 203 Å². The molecule has 0 bridgehead atoms. The number of ether oxygens (including phenoxy) is 1. The van der Waals surface area contributed by atoms with Gasteiger partial charge >= 0.3 is 0 Å². The van der Waals surface area contributed by atoms with Crippen LogP contribution in [-0.4, -0.2) is 57.2 Å². The molecule has 184 valence electrons. The van der Waals surface area contributed by atoms with Crippen molar-refractivity contribution < 1.29 is 13.2 Å². The maximum absolute atomic E-state index is 13.1. The number of sulfonamides is 1. The zero-order chi connectivity index (χ0) is 24.7. The largest absolute Gasteiger partial charge is 0.378 e. The summed E-state index contributed by atoms with van der Waals surface area (Å²) in [5.41, 5.74) is 1.40. The summed E-state index contributed by atoms with van der Waals surface area (Å²) in [7, 11) is -3.60. The number of rotatable bonds is 6. The maximum atomic E-state index is 13.1. The van der Waals surface area contributed by atoms with Crippen LogP contribution in [0.2, 0.25) is 0 Å². The SMILES string of the molecule is CCn1c(=O)c2ccccc2n2c(CNc3ccc(S(=O)(=O)N4CC(C)OC(C)C4)cc3)nnc12. The van der Waals surface area contributed by atoms with Gasteiger partial charge in [-0.15, -0.1) is 10.2 Å². The fourth-order valence-corrected chi connectivity index (χ4v) is 6.21. The van der Waals surface area contributed by atoms with E-state index in [0.29, 0.717) is 43.2 Å². The quantitative estimate of drug-likeness (QED) is 0.437. The van der Waals surface area contributed by atoms with Crippen LogP contribution in [0.1, 0.15) is 26.6 Å². The lowest BCUT2D eigenvalue weighted by atomic mass is 10.2. The van der Waals surface area contributed by atoms with Crippen LogP contribution in [0.4, 0.5) is 5.69 Å². The maximum Gasteiger partial charge on any atom is 0.262 e. The van der Waals surface area contributed by atoms with Gasteiger partial charge in [0.25, 0.3) is 5.56 Å². The van der Waals surface area contributed by atoms with Crippen molar-refractivity contribution in [1.29, 1.82) is 0 Å². The lowest BCUT2D eigenvalue weighted by molar-refractivity contribution is -0.0440. The van der Waals surface area contributed by atoms with Gasteiger partial charge in [0.15, 0.2) is 5.82 Å². The van der Waals surface area contributed by atoms with Gasteiger partial charge in [-0.2, -0.15) is 4.31 Å². The summed E-state index contributed by atoms with van der Waals surface area (Å²) in [5.74, 6) is 1.13. The third-order valence-electron chi connectivity index (χ3n) is 6.22. The van der Waals surface area contributed by atoms with E-state index in [1.165, 1.54) is 4.31 Å². The van der Waals surface area contributed by atoms with Crippen LogP contribution in [0.5, 0.6) is 0 Å². The lowest BCUT2D eigenvalue weighted by Crippen LogP contribution is -2.48. The Kier molecular flexibility index (Phi) is 6.07. The van der Waals surface area contributed by atoms with Crippen molar-refractivity contribution in [3.05, 3.63) is 64.7 Å². The highest BCUT2D eigenvalue weighted by molar-refractivity contribution is 7.89. The topological polar surface area (TPSA) is 111 Å². The number of morpholine rings is 1. The van der Waals surface area contributed by atoms with Crippen LogP contribution in [0.15, 0.2) is 58.2 Å². The van der Waals surface area contributed by atoms with E-state index in [9.17, 15) is 13.2 Å². The molecule has 5 rings (SSSR count). The second-order valence-corrected chi connectivity index (χ2v) is 10.7. The zero-order valence-corrected chi connectivity index (χ0v) is 20.7. The molecule has 2 aromatic heterocycles. The number of aryl methyl sites for hydroxylation is 1. The minimum absolute atomic E-state index is 0.0941. The van der Waals surface area contributed by atoms with Gasteiger partial charge in [-0.05, 0) is 57.2 Å². The van der Waals surface area contributed by atoms with Crippen molar-refractivity contribution >= 4 is 32.4 Å². The number of hydrogen-bond acceptors (Lipinski definition) is 7. The first kappa shape index (κ1) is 23.5. The number of para-hydroxylation sites is 1. The molecule has 1 fully saturated rings. The molecule has 0 aliphatic carbocycles. The molecular formula is C24H28N6O4S. The van der Waals surface area contributed by atoms with Crippen molar-refractivity contribution in [2.45, 2.75) is 51.0 Å². The van der Waals surface area contributed by atoms with Gasteiger partial charge in [0.05, 0.1) is 34.6 Å². The Morgan fingerprint density at radius 3 is 2.40 bits per heavy atom. The van der Waals surface area contributed by atoms with Gasteiger partial charge < -0.3 is 10.1 Å². The van der Waals surface area contributed by atoms with Crippen LogP contribution in [-0.2, 0) is 27.8 Å². The molecule has 35 heavy (non-hydrogen) atoms. The predicted octanol–water partition coefficient (Wildman–Crippen LogP) is 2.47. The summed E-state index contributed by atoms with van der Waals surface area (Å²) in [5, 5.41) is 12.5. The van der Waals surface area contributed by atoms with E-state index in [2.05, 4.69) is 15.5 Å². The van der Waals surface area contributed by atoms with Crippen molar-refractivity contribution in [3.8, 4) is 0 Å². The summed E-state index contributed by atoms with van der Waals surface area (Å²) in [6, 6.07) is 14.1. The molecule has 2 aromatic carbocycles. The fourth-order valence-electron chi connectivity index (χ4n) is 4.62. The standard InChI is InChI=1S/C24H28N6O4S/c1-4-29-23(31)20-7-5-6-8-21(20)30-22(26-27-24(29)30)13-25-18-9-11-19(12-10-18)35(32,33)28-14-16(2)34-17(3)15-28/h5-12,16-17,25H,4,13-15H2,1-3H3. The average Bonchev–Trinajstić information content (AvgIpc) is 3.27. The van der Waals surface area contributed by atoms with E-state index < -0.39 is 10.0 Å². The Balaban J connectivity index is 1.40. The third kappa shape index (κ3) is 4.19. The Morgan fingerprint density at radius 1 is 1.03 bits per heavy atom. The van der Waals surface area contributed by atoms with Gasteiger partial charge in [-0.25, -0.2) is 8.42 Å². The van der Waals surface area contributed by atoms with E-state index in [1.54, 1.807) is 34.9 Å². The molecule has 0 amide bonds. The second-order valence-electron chi connectivity index (χ2n) is 8.78. The Hall–Kier alpha value is -3.28. The minimum atomic E-state index is -3.60. The highest BCUT2D eigenvalue weighted by Gasteiger charge is 2.32. The first-order chi connectivity index (χ1) is 16.8. The van der Waals surface area contributed by atoms with E-state index in [-0.39, 0.29) is 22.7 Å². The van der Waals surface area contributed by atoms with Crippen LogP contribution in [0.3, 0.4) is 0 Å². The molecule has 2 unspecified atom stereocenters. The second kappa shape index (κ2) is 9.06. The van der Waals surface area contributed by atoms with Gasteiger partial charge in [0, 0.05) is 25.3 Å². The minimum Gasteiger partial charge on any atom is -0.378 e.